The van der Waals surface area contributed by atoms with Crippen molar-refractivity contribution in [1.29, 1.82) is 0 Å². The number of aromatic nitrogens is 2. The first-order chi connectivity index (χ1) is 23.9. The molecule has 1 aliphatic rings. The predicted molar refractivity (Wildman–Crippen MR) is 215 cm³/mol. The molecule has 0 saturated carbocycles. The minimum Gasteiger partial charge on any atom is -0.500 e. The second-order valence-electron chi connectivity index (χ2n) is 17.7. The van der Waals surface area contributed by atoms with Crippen molar-refractivity contribution in [1.82, 2.24) is 9.55 Å². The van der Waals surface area contributed by atoms with E-state index in [1.165, 1.54) is 33.3 Å². The number of hydrogen-bond donors (Lipinski definition) is 0. The van der Waals surface area contributed by atoms with Crippen LogP contribution in [-0.2, 0) is 37.3 Å². The molecule has 0 atom stereocenters. The SMILES string of the molecule is CC(C)(C)C1=CN(c2[c-]c(C(C)(C)c3[c-]c4c(cc3)c3ccccc3n4-c3cc(C(C)(C)C)ccn3)ccc2)[CH-]N1c1cccc(C(C)(C)C)c1.[Pt]. The Kier molecular flexibility index (Phi) is 9.67. The maximum atomic E-state index is 4.89. The Hall–Kier alpha value is -4.14. The summed E-state index contributed by atoms with van der Waals surface area (Å²) in [5, 5.41) is 2.38. The van der Waals surface area contributed by atoms with Gasteiger partial charge >= 0.3 is 0 Å². The first-order valence-electron chi connectivity index (χ1n) is 18.1. The average Bonchev–Trinajstić information content (AvgIpc) is 3.68. The van der Waals surface area contributed by atoms with Gasteiger partial charge in [0.15, 0.2) is 0 Å². The molecule has 272 valence electrons. The zero-order valence-corrected chi connectivity index (χ0v) is 34.8. The van der Waals surface area contributed by atoms with E-state index >= 15 is 0 Å². The molecule has 0 amide bonds. The second kappa shape index (κ2) is 13.4. The van der Waals surface area contributed by atoms with E-state index in [0.29, 0.717) is 0 Å². The van der Waals surface area contributed by atoms with Crippen molar-refractivity contribution < 1.29 is 21.1 Å². The predicted octanol–water partition coefficient (Wildman–Crippen LogP) is 12.0. The molecule has 0 unspecified atom stereocenters. The Bertz CT molecular complexity index is 2290. The molecule has 0 saturated heterocycles. The summed E-state index contributed by atoms with van der Waals surface area (Å²) in [5.41, 5.74) is 10.0. The maximum absolute atomic E-state index is 4.89. The number of benzene rings is 4. The summed E-state index contributed by atoms with van der Waals surface area (Å²) in [6.45, 7) is 27.1. The minimum atomic E-state index is -0.372. The van der Waals surface area contributed by atoms with Crippen LogP contribution in [0.4, 0.5) is 11.4 Å². The molecule has 5 heteroatoms. The van der Waals surface area contributed by atoms with Crippen molar-refractivity contribution >= 4 is 33.2 Å². The van der Waals surface area contributed by atoms with Crippen molar-refractivity contribution in [2.24, 2.45) is 5.41 Å². The molecule has 0 bridgehead atoms. The summed E-state index contributed by atoms with van der Waals surface area (Å²) >= 11 is 0. The zero-order chi connectivity index (χ0) is 36.5. The third-order valence-corrected chi connectivity index (χ3v) is 10.3. The van der Waals surface area contributed by atoms with Crippen LogP contribution in [0.5, 0.6) is 0 Å². The van der Waals surface area contributed by atoms with Crippen LogP contribution in [0, 0.1) is 24.2 Å². The van der Waals surface area contributed by atoms with E-state index in [-0.39, 0.29) is 42.7 Å². The van der Waals surface area contributed by atoms with Gasteiger partial charge in [-0.25, -0.2) is 4.98 Å². The number of fused-ring (bicyclic) bond motifs is 3. The van der Waals surface area contributed by atoms with E-state index in [0.717, 1.165) is 33.7 Å². The number of para-hydroxylation sites is 1. The molecule has 4 aromatic carbocycles. The molecule has 1 aliphatic heterocycles. The number of hydrogen-bond acceptors (Lipinski definition) is 3. The maximum Gasteiger partial charge on any atom is 0.135 e. The van der Waals surface area contributed by atoms with E-state index in [1.54, 1.807) is 0 Å². The third kappa shape index (κ3) is 6.87. The molecule has 4 nitrogen and oxygen atoms in total. The minimum absolute atomic E-state index is 0. The Morgan fingerprint density at radius 2 is 1.29 bits per heavy atom. The molecule has 0 N–H and O–H groups in total. The second-order valence-corrected chi connectivity index (χ2v) is 17.7. The van der Waals surface area contributed by atoms with Crippen LogP contribution in [0.2, 0.25) is 0 Å². The van der Waals surface area contributed by atoms with Gasteiger partial charge in [-0.3, -0.25) is 0 Å². The van der Waals surface area contributed by atoms with E-state index in [1.807, 2.05) is 6.20 Å². The number of pyridine rings is 1. The quantitative estimate of drug-likeness (QED) is 0.161. The van der Waals surface area contributed by atoms with Crippen LogP contribution < -0.4 is 9.80 Å². The fourth-order valence-electron chi connectivity index (χ4n) is 7.05. The standard InChI is InChI=1S/C47H51N4.Pt/c1-44(2,3)32-16-14-19-37(26-32)50-31-49(30-42(50)46(7,8)9)36-18-15-17-34(27-36)47(10,11)35-22-23-39-38-20-12-13-21-40(38)51(41(39)28-35)43-29-33(24-25-48-43)45(4,5)6;/h12-26,29-31H,1-11H3;/q-3;. The summed E-state index contributed by atoms with van der Waals surface area (Å²) < 4.78 is 2.28. The zero-order valence-electron chi connectivity index (χ0n) is 32.5. The van der Waals surface area contributed by atoms with E-state index in [2.05, 4.69) is 207 Å². The van der Waals surface area contributed by atoms with Crippen LogP contribution in [0.25, 0.3) is 27.6 Å². The Labute approximate surface area is 325 Å². The number of rotatable bonds is 5. The fourth-order valence-corrected chi connectivity index (χ4v) is 7.05. The Balaban J connectivity index is 0.00000464. The van der Waals surface area contributed by atoms with Crippen LogP contribution in [0.3, 0.4) is 0 Å². The van der Waals surface area contributed by atoms with Crippen LogP contribution in [0.1, 0.15) is 98.4 Å². The van der Waals surface area contributed by atoms with Crippen molar-refractivity contribution in [3.05, 3.63) is 150 Å². The fraction of sp³-hybridized carbons (Fsp3) is 0.319. The van der Waals surface area contributed by atoms with Gasteiger partial charge < -0.3 is 14.4 Å². The van der Waals surface area contributed by atoms with Gasteiger partial charge in [0.05, 0.1) is 0 Å². The summed E-state index contributed by atoms with van der Waals surface area (Å²) in [7, 11) is 0. The Morgan fingerprint density at radius 1 is 0.615 bits per heavy atom. The summed E-state index contributed by atoms with van der Waals surface area (Å²) in [6.07, 6.45) is 4.20. The first kappa shape index (κ1) is 37.6. The van der Waals surface area contributed by atoms with E-state index in [4.69, 9.17) is 4.98 Å². The van der Waals surface area contributed by atoms with Gasteiger partial charge in [0.25, 0.3) is 0 Å². The average molecular weight is 867 g/mol. The third-order valence-electron chi connectivity index (χ3n) is 10.3. The molecule has 52 heavy (non-hydrogen) atoms. The molecule has 0 spiro atoms. The van der Waals surface area contributed by atoms with Crippen LogP contribution >= 0.6 is 0 Å². The number of anilines is 2. The Morgan fingerprint density at radius 3 is 2.00 bits per heavy atom. The van der Waals surface area contributed by atoms with Gasteiger partial charge in [-0.2, -0.15) is 53.6 Å². The van der Waals surface area contributed by atoms with Gasteiger partial charge in [-0.15, -0.1) is 17.7 Å². The van der Waals surface area contributed by atoms with Crippen molar-refractivity contribution in [3.63, 3.8) is 0 Å². The van der Waals surface area contributed by atoms with Gasteiger partial charge in [0, 0.05) is 49.6 Å². The smallest absolute Gasteiger partial charge is 0.135 e. The van der Waals surface area contributed by atoms with Gasteiger partial charge in [-0.1, -0.05) is 112 Å². The number of allylic oxidation sites excluding steroid dienone is 1. The normalized spacial score (nSPS) is 14.2. The topological polar surface area (TPSA) is 24.3 Å². The van der Waals surface area contributed by atoms with Crippen LogP contribution in [0.15, 0.2) is 109 Å². The summed E-state index contributed by atoms with van der Waals surface area (Å²) in [5.74, 6) is 0.914. The van der Waals surface area contributed by atoms with Gasteiger partial charge in [-0.05, 0) is 69.3 Å². The monoisotopic (exact) mass is 866 g/mol. The van der Waals surface area contributed by atoms with Gasteiger partial charge in [0.1, 0.15) is 5.82 Å². The van der Waals surface area contributed by atoms with Crippen molar-refractivity contribution in [2.45, 2.75) is 92.4 Å². The molecule has 2 aromatic heterocycles. The van der Waals surface area contributed by atoms with Crippen molar-refractivity contribution in [2.75, 3.05) is 9.80 Å². The molecular weight excluding hydrogens is 816 g/mol. The molecule has 0 fully saturated rings. The molecule has 0 radical (unpaired) electrons. The summed E-state index contributed by atoms with van der Waals surface area (Å²) in [6, 6.07) is 40.6. The van der Waals surface area contributed by atoms with E-state index in [9.17, 15) is 0 Å². The van der Waals surface area contributed by atoms with E-state index < -0.39 is 0 Å². The summed E-state index contributed by atoms with van der Waals surface area (Å²) in [4.78, 5) is 9.45. The van der Waals surface area contributed by atoms with Gasteiger partial charge in [0.2, 0.25) is 0 Å². The molecule has 3 heterocycles. The van der Waals surface area contributed by atoms with Crippen molar-refractivity contribution in [3.8, 4) is 5.82 Å². The molecule has 6 aromatic rings. The molecular formula is C47H51N4Pt-3. The molecule has 7 rings (SSSR count). The largest absolute Gasteiger partial charge is 0.500 e. The molecule has 0 aliphatic carbocycles. The first-order valence-corrected chi connectivity index (χ1v) is 18.1. The van der Waals surface area contributed by atoms with Crippen LogP contribution in [-0.4, -0.2) is 9.55 Å². The number of nitrogens with zero attached hydrogens (tertiary/aromatic N) is 4.